The number of hydrogen-bond acceptors (Lipinski definition) is 3. The minimum atomic E-state index is -3.01. The van der Waals surface area contributed by atoms with Crippen LogP contribution in [0.5, 0.6) is 0 Å². The SMILES string of the molecule is Cc1cccc(CC(=O)C2CC3CCC(C2)S3(=O)=O)c1F. The summed E-state index contributed by atoms with van der Waals surface area (Å²) in [6.45, 7) is 1.68. The lowest BCUT2D eigenvalue weighted by atomic mass is 9.90. The molecule has 0 amide bonds. The van der Waals surface area contributed by atoms with E-state index < -0.39 is 9.84 Å². The molecule has 0 radical (unpaired) electrons. The molecule has 2 unspecified atom stereocenters. The van der Waals surface area contributed by atoms with Gasteiger partial charge in [-0.15, -0.1) is 0 Å². The number of hydrogen-bond donors (Lipinski definition) is 0. The molecule has 2 atom stereocenters. The van der Waals surface area contributed by atoms with Crippen molar-refractivity contribution in [3.8, 4) is 0 Å². The molecule has 3 nitrogen and oxygen atoms in total. The van der Waals surface area contributed by atoms with E-state index in [-0.39, 0.29) is 34.4 Å². The van der Waals surface area contributed by atoms with Gasteiger partial charge < -0.3 is 0 Å². The maximum absolute atomic E-state index is 14.0. The topological polar surface area (TPSA) is 51.2 Å². The van der Waals surface area contributed by atoms with Gasteiger partial charge in [0.25, 0.3) is 0 Å². The maximum atomic E-state index is 14.0. The third-order valence-electron chi connectivity index (χ3n) is 4.93. The number of carbonyl (C=O) groups excluding carboxylic acids is 1. The third-order valence-corrected chi connectivity index (χ3v) is 7.64. The lowest BCUT2D eigenvalue weighted by Gasteiger charge is -2.27. The summed E-state index contributed by atoms with van der Waals surface area (Å²) in [6, 6.07) is 5.06. The Bertz CT molecular complexity index is 661. The predicted octanol–water partition coefficient (Wildman–Crippen LogP) is 2.60. The van der Waals surface area contributed by atoms with Gasteiger partial charge in [-0.05, 0) is 43.7 Å². The predicted molar refractivity (Wildman–Crippen MR) is 78.3 cm³/mol. The van der Waals surface area contributed by atoms with Crippen LogP contribution < -0.4 is 0 Å². The van der Waals surface area contributed by atoms with Crippen molar-refractivity contribution in [2.75, 3.05) is 0 Å². The first-order chi connectivity index (χ1) is 9.89. The van der Waals surface area contributed by atoms with E-state index in [1.807, 2.05) is 0 Å². The molecule has 2 aliphatic heterocycles. The van der Waals surface area contributed by atoms with Crippen LogP contribution in [0.3, 0.4) is 0 Å². The van der Waals surface area contributed by atoms with Gasteiger partial charge in [-0.1, -0.05) is 18.2 Å². The Morgan fingerprint density at radius 1 is 1.24 bits per heavy atom. The van der Waals surface area contributed by atoms with E-state index in [4.69, 9.17) is 0 Å². The van der Waals surface area contributed by atoms with E-state index in [1.165, 1.54) is 0 Å². The van der Waals surface area contributed by atoms with E-state index in [1.54, 1.807) is 25.1 Å². The van der Waals surface area contributed by atoms with Crippen molar-refractivity contribution in [1.82, 2.24) is 0 Å². The lowest BCUT2D eigenvalue weighted by Crippen LogP contribution is -2.36. The van der Waals surface area contributed by atoms with Crippen molar-refractivity contribution in [3.63, 3.8) is 0 Å². The highest BCUT2D eigenvalue weighted by Crippen LogP contribution is 2.41. The smallest absolute Gasteiger partial charge is 0.156 e. The van der Waals surface area contributed by atoms with Crippen molar-refractivity contribution in [3.05, 3.63) is 35.1 Å². The fourth-order valence-electron chi connectivity index (χ4n) is 3.65. The number of benzene rings is 1. The quantitative estimate of drug-likeness (QED) is 0.862. The number of fused-ring (bicyclic) bond motifs is 2. The summed E-state index contributed by atoms with van der Waals surface area (Å²) < 4.78 is 38.0. The number of aryl methyl sites for hydroxylation is 1. The number of carbonyl (C=O) groups is 1. The monoisotopic (exact) mass is 310 g/mol. The van der Waals surface area contributed by atoms with Crippen LogP contribution in [-0.2, 0) is 21.1 Å². The van der Waals surface area contributed by atoms with Crippen molar-refractivity contribution < 1.29 is 17.6 Å². The van der Waals surface area contributed by atoms with Crippen LogP contribution in [0, 0.1) is 18.7 Å². The fourth-order valence-corrected chi connectivity index (χ4v) is 6.12. The van der Waals surface area contributed by atoms with Crippen molar-refractivity contribution in [1.29, 1.82) is 0 Å². The molecular formula is C16H19FO3S. The molecule has 2 fully saturated rings. The molecule has 2 heterocycles. The Balaban J connectivity index is 1.74. The molecule has 21 heavy (non-hydrogen) atoms. The highest BCUT2D eigenvalue weighted by atomic mass is 32.2. The Kier molecular flexibility index (Phi) is 3.64. The Morgan fingerprint density at radius 3 is 2.48 bits per heavy atom. The van der Waals surface area contributed by atoms with Crippen LogP contribution in [0.25, 0.3) is 0 Å². The fraction of sp³-hybridized carbons (Fsp3) is 0.562. The van der Waals surface area contributed by atoms with Crippen LogP contribution in [0.4, 0.5) is 4.39 Å². The van der Waals surface area contributed by atoms with Gasteiger partial charge in [-0.3, -0.25) is 4.79 Å². The minimum Gasteiger partial charge on any atom is -0.299 e. The summed E-state index contributed by atoms with van der Waals surface area (Å²) in [5.74, 6) is -0.575. The molecular weight excluding hydrogens is 291 g/mol. The molecule has 2 aliphatic rings. The van der Waals surface area contributed by atoms with E-state index in [2.05, 4.69) is 0 Å². The van der Waals surface area contributed by atoms with E-state index in [0.717, 1.165) is 0 Å². The molecule has 0 spiro atoms. The molecule has 0 N–H and O–H groups in total. The highest BCUT2D eigenvalue weighted by Gasteiger charge is 2.48. The number of rotatable bonds is 3. The summed E-state index contributed by atoms with van der Waals surface area (Å²) in [4.78, 5) is 12.4. The van der Waals surface area contributed by atoms with Crippen molar-refractivity contribution in [2.45, 2.75) is 49.5 Å². The van der Waals surface area contributed by atoms with Crippen LogP contribution >= 0.6 is 0 Å². The number of halogens is 1. The molecule has 114 valence electrons. The normalized spacial score (nSPS) is 30.3. The Labute approximate surface area is 124 Å². The zero-order valence-corrected chi connectivity index (χ0v) is 12.8. The van der Waals surface area contributed by atoms with E-state index in [0.29, 0.717) is 36.8 Å². The number of Topliss-reactive ketones (excluding diaryl/α,β-unsaturated/α-hetero) is 1. The Hall–Kier alpha value is -1.23. The van der Waals surface area contributed by atoms with Crippen LogP contribution in [-0.4, -0.2) is 24.7 Å². The average Bonchev–Trinajstić information content (AvgIpc) is 2.64. The van der Waals surface area contributed by atoms with Crippen LogP contribution in [0.1, 0.15) is 36.8 Å². The molecule has 2 bridgehead atoms. The zero-order valence-electron chi connectivity index (χ0n) is 12.0. The van der Waals surface area contributed by atoms with Gasteiger partial charge in [0.05, 0.1) is 10.5 Å². The molecule has 0 aromatic heterocycles. The van der Waals surface area contributed by atoms with Crippen LogP contribution in [0.2, 0.25) is 0 Å². The maximum Gasteiger partial charge on any atom is 0.156 e. The van der Waals surface area contributed by atoms with Gasteiger partial charge >= 0.3 is 0 Å². The van der Waals surface area contributed by atoms with Gasteiger partial charge in [0.15, 0.2) is 9.84 Å². The summed E-state index contributed by atoms with van der Waals surface area (Å²) in [5, 5.41) is -0.708. The first-order valence-corrected chi connectivity index (χ1v) is 9.00. The van der Waals surface area contributed by atoms with E-state index in [9.17, 15) is 17.6 Å². The summed E-state index contributed by atoms with van der Waals surface area (Å²) in [7, 11) is -3.01. The summed E-state index contributed by atoms with van der Waals surface area (Å²) in [6.07, 6.45) is 2.26. The lowest BCUT2D eigenvalue weighted by molar-refractivity contribution is -0.122. The standard InChI is InChI=1S/C16H19FO3S/c1-10-3-2-4-11(16(10)17)9-15(18)12-7-13-5-6-14(8-12)21(13,19)20/h2-4,12-14H,5-9H2,1H3. The minimum absolute atomic E-state index is 0.0219. The number of ketones is 1. The largest absolute Gasteiger partial charge is 0.299 e. The summed E-state index contributed by atoms with van der Waals surface area (Å²) in [5.41, 5.74) is 0.951. The molecule has 0 saturated carbocycles. The first kappa shape index (κ1) is 14.7. The van der Waals surface area contributed by atoms with Crippen molar-refractivity contribution in [2.24, 2.45) is 5.92 Å². The van der Waals surface area contributed by atoms with E-state index >= 15 is 0 Å². The first-order valence-electron chi connectivity index (χ1n) is 7.39. The number of sulfone groups is 1. The average molecular weight is 310 g/mol. The second-order valence-electron chi connectivity index (χ2n) is 6.27. The van der Waals surface area contributed by atoms with Gasteiger partial charge in [0.2, 0.25) is 0 Å². The van der Waals surface area contributed by atoms with Gasteiger partial charge in [0.1, 0.15) is 11.6 Å². The van der Waals surface area contributed by atoms with Gasteiger partial charge in [-0.25, -0.2) is 12.8 Å². The van der Waals surface area contributed by atoms with Gasteiger partial charge in [-0.2, -0.15) is 0 Å². The summed E-state index contributed by atoms with van der Waals surface area (Å²) >= 11 is 0. The van der Waals surface area contributed by atoms with Crippen LogP contribution in [0.15, 0.2) is 18.2 Å². The third kappa shape index (κ3) is 2.52. The molecule has 1 aromatic carbocycles. The van der Waals surface area contributed by atoms with Gasteiger partial charge in [0, 0.05) is 12.3 Å². The molecule has 3 rings (SSSR count). The van der Waals surface area contributed by atoms with Crippen molar-refractivity contribution >= 4 is 15.6 Å². The second-order valence-corrected chi connectivity index (χ2v) is 8.78. The molecule has 5 heteroatoms. The molecule has 1 aromatic rings. The molecule has 0 aliphatic carbocycles. The zero-order chi connectivity index (χ0) is 15.2. The highest BCUT2D eigenvalue weighted by molar-refractivity contribution is 7.93. The second kappa shape index (κ2) is 5.20. The molecule has 2 saturated heterocycles. The Morgan fingerprint density at radius 2 is 1.86 bits per heavy atom.